The number of carbonyl (C=O) groups excluding carboxylic acids is 1. The molecule has 1 aromatic carbocycles. The lowest BCUT2D eigenvalue weighted by Gasteiger charge is -2.31. The van der Waals surface area contributed by atoms with E-state index in [2.05, 4.69) is 0 Å². The Kier molecular flexibility index (Phi) is 6.14. The molecule has 3 aliphatic rings. The predicted octanol–water partition coefficient (Wildman–Crippen LogP) is 2.88. The highest BCUT2D eigenvalue weighted by molar-refractivity contribution is 7.33. The smallest absolute Gasteiger partial charge is 0.398 e. The summed E-state index contributed by atoms with van der Waals surface area (Å²) in [6.45, 7) is 5.58. The van der Waals surface area contributed by atoms with Gasteiger partial charge in [0.15, 0.2) is 12.0 Å². The fraction of sp³-hybridized carbons (Fsp3) is 0.476. The summed E-state index contributed by atoms with van der Waals surface area (Å²) >= 11 is 0. The van der Waals surface area contributed by atoms with Gasteiger partial charge in [-0.3, -0.25) is 9.32 Å². The second-order valence-electron chi connectivity index (χ2n) is 8.11. The van der Waals surface area contributed by atoms with Gasteiger partial charge in [-0.05, 0) is 39.3 Å². The van der Waals surface area contributed by atoms with Crippen LogP contribution in [-0.2, 0) is 28.1 Å². The topological polar surface area (TPSA) is 110 Å². The number of rotatable bonds is 7. The van der Waals surface area contributed by atoms with E-state index in [0.29, 0.717) is 17.7 Å². The van der Waals surface area contributed by atoms with Crippen LogP contribution in [0.1, 0.15) is 25.8 Å². The van der Waals surface area contributed by atoms with Gasteiger partial charge in [0, 0.05) is 18.0 Å². The molecule has 2 N–H and O–H groups in total. The highest BCUT2D eigenvalue weighted by atomic mass is 31.1. The van der Waals surface area contributed by atoms with Crippen LogP contribution in [-0.4, -0.2) is 47.7 Å². The molecule has 1 aromatic rings. The zero-order valence-corrected chi connectivity index (χ0v) is 18.5. The number of hydrogen-bond donors (Lipinski definition) is 1. The Bertz CT molecular complexity index is 915. The lowest BCUT2D eigenvalue weighted by molar-refractivity contribution is -0.201. The SMILES string of the molecule is Cc1ccc(O[P](=O)OCC2O[C@@H](N3C=CCC(C(N)=O)=C3)[C@@H]3OC(C)(C)O[C@H]23)cc1. The number of nitrogens with two attached hydrogens (primary N) is 1. The maximum atomic E-state index is 12.3. The Hall–Kier alpha value is -2.29. The Morgan fingerprint density at radius 1 is 1.26 bits per heavy atom. The molecule has 1 radical (unpaired) electrons. The molecule has 4 rings (SSSR count). The summed E-state index contributed by atoms with van der Waals surface area (Å²) in [6.07, 6.45) is 3.78. The molecule has 0 bridgehead atoms. The van der Waals surface area contributed by atoms with E-state index in [4.69, 9.17) is 29.0 Å². The zero-order valence-electron chi connectivity index (χ0n) is 17.6. The highest BCUT2D eigenvalue weighted by Crippen LogP contribution is 2.41. The Labute approximate surface area is 181 Å². The van der Waals surface area contributed by atoms with Crippen LogP contribution in [0.25, 0.3) is 0 Å². The van der Waals surface area contributed by atoms with Crippen molar-refractivity contribution in [2.24, 2.45) is 5.73 Å². The van der Waals surface area contributed by atoms with Crippen LogP contribution < -0.4 is 10.3 Å². The molecule has 2 saturated heterocycles. The van der Waals surface area contributed by atoms with Gasteiger partial charge in [0.25, 0.3) is 0 Å². The van der Waals surface area contributed by atoms with Gasteiger partial charge in [-0.25, -0.2) is 4.57 Å². The molecule has 0 spiro atoms. The van der Waals surface area contributed by atoms with Crippen LogP contribution in [0.3, 0.4) is 0 Å². The molecule has 167 valence electrons. The normalized spacial score (nSPS) is 29.5. The number of allylic oxidation sites excluding steroid dienone is 1. The van der Waals surface area contributed by atoms with Crippen LogP contribution in [0.4, 0.5) is 0 Å². The number of ether oxygens (including phenoxy) is 3. The van der Waals surface area contributed by atoms with E-state index in [9.17, 15) is 9.36 Å². The number of aryl methyl sites for hydroxylation is 1. The molecule has 1 amide bonds. The molecule has 0 saturated carbocycles. The van der Waals surface area contributed by atoms with Gasteiger partial charge in [-0.2, -0.15) is 0 Å². The zero-order chi connectivity index (χ0) is 22.2. The monoisotopic (exact) mass is 449 g/mol. The van der Waals surface area contributed by atoms with Crippen molar-refractivity contribution in [1.29, 1.82) is 0 Å². The van der Waals surface area contributed by atoms with Crippen LogP contribution >= 0.6 is 8.25 Å². The van der Waals surface area contributed by atoms with Gasteiger partial charge in [0.1, 0.15) is 24.1 Å². The second-order valence-corrected chi connectivity index (χ2v) is 9.00. The van der Waals surface area contributed by atoms with Crippen molar-refractivity contribution in [3.05, 3.63) is 53.9 Å². The maximum Gasteiger partial charge on any atom is 0.429 e. The molecular weight excluding hydrogens is 423 g/mol. The average molecular weight is 449 g/mol. The van der Waals surface area contributed by atoms with E-state index in [1.54, 1.807) is 23.2 Å². The second kappa shape index (κ2) is 8.68. The highest BCUT2D eigenvalue weighted by Gasteiger charge is 2.56. The quantitative estimate of drug-likeness (QED) is 0.633. The summed E-state index contributed by atoms with van der Waals surface area (Å²) in [5.74, 6) is -0.844. The molecule has 2 unspecified atom stereocenters. The number of amides is 1. The first kappa shape index (κ1) is 21.9. The predicted molar refractivity (Wildman–Crippen MR) is 111 cm³/mol. The molecule has 10 heteroatoms. The molecule has 0 aromatic heterocycles. The molecule has 3 aliphatic heterocycles. The first-order valence-electron chi connectivity index (χ1n) is 10.0. The molecule has 3 heterocycles. The number of benzene rings is 1. The van der Waals surface area contributed by atoms with E-state index in [0.717, 1.165) is 5.56 Å². The Morgan fingerprint density at radius 3 is 2.68 bits per heavy atom. The number of fused-ring (bicyclic) bond motifs is 1. The number of nitrogens with zero attached hydrogens (tertiary/aromatic N) is 1. The fourth-order valence-corrected chi connectivity index (χ4v) is 4.39. The molecule has 9 nitrogen and oxygen atoms in total. The molecule has 2 fully saturated rings. The van der Waals surface area contributed by atoms with Crippen molar-refractivity contribution in [3.8, 4) is 5.75 Å². The first-order valence-corrected chi connectivity index (χ1v) is 11.1. The van der Waals surface area contributed by atoms with Gasteiger partial charge in [0.05, 0.1) is 6.61 Å². The van der Waals surface area contributed by atoms with Crippen molar-refractivity contribution in [2.45, 2.75) is 57.5 Å². The van der Waals surface area contributed by atoms with Crippen molar-refractivity contribution in [2.75, 3.05) is 6.61 Å². The standard InChI is InChI=1S/C21H26N2O7P/c1-13-6-8-15(9-7-13)30-31(25)26-12-16-17-18(29-21(2,3)28-17)20(27-16)23-10-4-5-14(11-23)19(22)24/h4,6-11,16-18,20H,5,12H2,1-3H3,(H2,22,24)/t16?,17-,18-,20-/m1/s1. The molecule has 0 aliphatic carbocycles. The van der Waals surface area contributed by atoms with Gasteiger partial charge < -0.3 is 29.4 Å². The van der Waals surface area contributed by atoms with Gasteiger partial charge >= 0.3 is 8.25 Å². The molecule has 31 heavy (non-hydrogen) atoms. The summed E-state index contributed by atoms with van der Waals surface area (Å²) in [6, 6.07) is 7.18. The van der Waals surface area contributed by atoms with Crippen molar-refractivity contribution in [3.63, 3.8) is 0 Å². The fourth-order valence-electron chi connectivity index (χ4n) is 3.78. The lowest BCUT2D eigenvalue weighted by atomic mass is 10.1. The van der Waals surface area contributed by atoms with E-state index in [1.807, 2.05) is 45.2 Å². The van der Waals surface area contributed by atoms with Crippen molar-refractivity contribution in [1.82, 2.24) is 4.90 Å². The van der Waals surface area contributed by atoms with E-state index in [1.165, 1.54) is 0 Å². The van der Waals surface area contributed by atoms with E-state index < -0.39 is 44.5 Å². The van der Waals surface area contributed by atoms with Crippen LogP contribution in [0.15, 0.2) is 48.3 Å². The number of hydrogen-bond acceptors (Lipinski definition) is 8. The summed E-state index contributed by atoms with van der Waals surface area (Å²) in [5, 5.41) is 0. The molecule has 5 atom stereocenters. The third kappa shape index (κ3) is 4.97. The van der Waals surface area contributed by atoms with Gasteiger partial charge in [-0.15, -0.1) is 0 Å². The summed E-state index contributed by atoms with van der Waals surface area (Å²) < 4.78 is 41.2. The van der Waals surface area contributed by atoms with Crippen molar-refractivity contribution >= 4 is 14.2 Å². The van der Waals surface area contributed by atoms with Crippen LogP contribution in [0.2, 0.25) is 0 Å². The largest absolute Gasteiger partial charge is 0.429 e. The van der Waals surface area contributed by atoms with E-state index in [-0.39, 0.29) is 6.61 Å². The maximum absolute atomic E-state index is 12.3. The van der Waals surface area contributed by atoms with Gasteiger partial charge in [-0.1, -0.05) is 23.8 Å². The summed E-state index contributed by atoms with van der Waals surface area (Å²) in [7, 11) is -2.40. The Balaban J connectivity index is 1.42. The van der Waals surface area contributed by atoms with Crippen molar-refractivity contribution < 1.29 is 32.6 Å². The first-order chi connectivity index (χ1) is 14.7. The molecular formula is C21H26N2O7P. The summed E-state index contributed by atoms with van der Waals surface area (Å²) in [5.41, 5.74) is 6.97. The number of carbonyl (C=O) groups is 1. The minimum Gasteiger partial charge on any atom is -0.398 e. The third-order valence-corrected chi connectivity index (χ3v) is 5.92. The minimum absolute atomic E-state index is 0.0118. The minimum atomic E-state index is -2.40. The summed E-state index contributed by atoms with van der Waals surface area (Å²) in [4.78, 5) is 13.3. The van der Waals surface area contributed by atoms with Gasteiger partial charge in [0.2, 0.25) is 5.91 Å². The lowest BCUT2D eigenvalue weighted by Crippen LogP contribution is -2.40. The Morgan fingerprint density at radius 2 is 1.97 bits per heavy atom. The van der Waals surface area contributed by atoms with E-state index >= 15 is 0 Å². The number of primary amides is 1. The van der Waals surface area contributed by atoms with Crippen LogP contribution in [0, 0.1) is 6.92 Å². The van der Waals surface area contributed by atoms with Crippen LogP contribution in [0.5, 0.6) is 5.75 Å². The third-order valence-electron chi connectivity index (χ3n) is 5.20. The average Bonchev–Trinajstić information content (AvgIpc) is 3.21.